The smallest absolute Gasteiger partial charge is 0.0102 e. The summed E-state index contributed by atoms with van der Waals surface area (Å²) in [6.07, 6.45) is 2.98. The van der Waals surface area contributed by atoms with Crippen molar-refractivity contribution in [2.24, 2.45) is 5.73 Å². The molecule has 0 aromatic carbocycles. The molecule has 0 saturated heterocycles. The molecule has 0 radical (unpaired) electrons. The summed E-state index contributed by atoms with van der Waals surface area (Å²) in [7, 11) is 2.07. The van der Waals surface area contributed by atoms with Crippen LogP contribution in [0.2, 0.25) is 0 Å². The Balaban J connectivity index is 3.04. The first-order chi connectivity index (χ1) is 4.31. The number of hydrogen-bond acceptors (Lipinski definition) is 2. The van der Waals surface area contributed by atoms with E-state index in [1.54, 1.807) is 0 Å². The highest BCUT2D eigenvalue weighted by molar-refractivity contribution is 4.68. The van der Waals surface area contributed by atoms with Crippen LogP contribution < -0.4 is 5.73 Å². The fraction of sp³-hybridized carbons (Fsp3) is 0.714. The summed E-state index contributed by atoms with van der Waals surface area (Å²) in [6.45, 7) is 6.43. The van der Waals surface area contributed by atoms with Gasteiger partial charge in [-0.1, -0.05) is 6.08 Å². The molecule has 54 valence electrons. The summed E-state index contributed by atoms with van der Waals surface area (Å²) in [5, 5.41) is 0. The van der Waals surface area contributed by atoms with Crippen molar-refractivity contribution in [2.75, 3.05) is 26.7 Å². The lowest BCUT2D eigenvalue weighted by Gasteiger charge is -2.12. The third kappa shape index (κ3) is 5.53. The highest BCUT2D eigenvalue weighted by Crippen LogP contribution is 1.84. The van der Waals surface area contributed by atoms with Crippen molar-refractivity contribution in [2.45, 2.75) is 6.42 Å². The van der Waals surface area contributed by atoms with Gasteiger partial charge in [0.15, 0.2) is 0 Å². The maximum absolute atomic E-state index is 5.33. The molecule has 0 spiro atoms. The van der Waals surface area contributed by atoms with Gasteiger partial charge < -0.3 is 10.6 Å². The summed E-state index contributed by atoms with van der Waals surface area (Å²) in [5.74, 6) is 0. The fourth-order valence-electron chi connectivity index (χ4n) is 0.644. The quantitative estimate of drug-likeness (QED) is 0.545. The van der Waals surface area contributed by atoms with E-state index in [4.69, 9.17) is 5.73 Å². The van der Waals surface area contributed by atoms with Crippen LogP contribution in [0.1, 0.15) is 6.42 Å². The Hall–Kier alpha value is -0.340. The molecule has 0 saturated carbocycles. The van der Waals surface area contributed by atoms with Crippen LogP contribution in [0.5, 0.6) is 0 Å². The molecule has 2 N–H and O–H groups in total. The van der Waals surface area contributed by atoms with Crippen molar-refractivity contribution in [1.82, 2.24) is 4.90 Å². The van der Waals surface area contributed by atoms with Crippen molar-refractivity contribution >= 4 is 0 Å². The predicted molar refractivity (Wildman–Crippen MR) is 41.4 cm³/mol. The number of rotatable bonds is 5. The van der Waals surface area contributed by atoms with Crippen molar-refractivity contribution in [1.29, 1.82) is 0 Å². The first-order valence-corrected chi connectivity index (χ1v) is 3.30. The normalized spacial score (nSPS) is 10.1. The molecule has 0 unspecified atom stereocenters. The Bertz CT molecular complexity index is 71.3. The highest BCUT2D eigenvalue weighted by atomic mass is 15.1. The Morgan fingerprint density at radius 1 is 1.56 bits per heavy atom. The first-order valence-electron chi connectivity index (χ1n) is 3.30. The molecular formula is C7H16N2. The van der Waals surface area contributed by atoms with Gasteiger partial charge in [-0.05, 0) is 13.5 Å². The van der Waals surface area contributed by atoms with Gasteiger partial charge in [-0.25, -0.2) is 0 Å². The number of nitrogens with zero attached hydrogens (tertiary/aromatic N) is 1. The molecule has 0 aliphatic heterocycles. The summed E-state index contributed by atoms with van der Waals surface area (Å²) in [4.78, 5) is 2.20. The van der Waals surface area contributed by atoms with Gasteiger partial charge in [-0.15, -0.1) is 6.58 Å². The standard InChI is InChI=1S/C7H16N2/c1-3-4-6-9(2)7-5-8/h3H,1,4-8H2,2H3. The zero-order valence-electron chi connectivity index (χ0n) is 6.14. The van der Waals surface area contributed by atoms with Crippen LogP contribution in [0.4, 0.5) is 0 Å². The number of nitrogens with two attached hydrogens (primary N) is 1. The lowest BCUT2D eigenvalue weighted by atomic mass is 10.4. The van der Waals surface area contributed by atoms with Crippen molar-refractivity contribution in [3.8, 4) is 0 Å². The van der Waals surface area contributed by atoms with Gasteiger partial charge in [0.2, 0.25) is 0 Å². The van der Waals surface area contributed by atoms with Crippen LogP contribution in [-0.2, 0) is 0 Å². The predicted octanol–water partition coefficient (Wildman–Crippen LogP) is 0.453. The zero-order chi connectivity index (χ0) is 7.11. The van der Waals surface area contributed by atoms with E-state index in [-0.39, 0.29) is 0 Å². The first kappa shape index (κ1) is 8.66. The second-order valence-corrected chi connectivity index (χ2v) is 2.17. The number of likely N-dealkylation sites (N-methyl/N-ethyl adjacent to an activating group) is 1. The van der Waals surface area contributed by atoms with Crippen LogP contribution in [0.3, 0.4) is 0 Å². The van der Waals surface area contributed by atoms with E-state index >= 15 is 0 Å². The second kappa shape index (κ2) is 5.79. The summed E-state index contributed by atoms with van der Waals surface area (Å²) in [6, 6.07) is 0. The minimum absolute atomic E-state index is 0.744. The van der Waals surface area contributed by atoms with Crippen LogP contribution in [0.25, 0.3) is 0 Å². The maximum atomic E-state index is 5.33. The van der Waals surface area contributed by atoms with Crippen LogP contribution in [0.15, 0.2) is 12.7 Å². The van der Waals surface area contributed by atoms with Gasteiger partial charge in [0.25, 0.3) is 0 Å². The molecule has 2 nitrogen and oxygen atoms in total. The van der Waals surface area contributed by atoms with Crippen molar-refractivity contribution < 1.29 is 0 Å². The average molecular weight is 128 g/mol. The molecule has 0 heterocycles. The molecule has 0 aromatic heterocycles. The van der Waals surface area contributed by atoms with Gasteiger partial charge in [-0.3, -0.25) is 0 Å². The molecule has 0 amide bonds. The summed E-state index contributed by atoms with van der Waals surface area (Å²) in [5.41, 5.74) is 5.33. The molecule has 0 atom stereocenters. The van der Waals surface area contributed by atoms with E-state index < -0.39 is 0 Å². The minimum Gasteiger partial charge on any atom is -0.329 e. The number of hydrogen-bond donors (Lipinski definition) is 1. The van der Waals surface area contributed by atoms with E-state index in [1.807, 2.05) is 6.08 Å². The summed E-state index contributed by atoms with van der Waals surface area (Å²) >= 11 is 0. The maximum Gasteiger partial charge on any atom is 0.0102 e. The Morgan fingerprint density at radius 2 is 2.22 bits per heavy atom. The van der Waals surface area contributed by atoms with Gasteiger partial charge in [0.05, 0.1) is 0 Å². The second-order valence-electron chi connectivity index (χ2n) is 2.17. The average Bonchev–Trinajstić information content (AvgIpc) is 1.85. The third-order valence-electron chi connectivity index (χ3n) is 1.23. The molecule has 0 fully saturated rings. The summed E-state index contributed by atoms with van der Waals surface area (Å²) < 4.78 is 0. The molecule has 0 bridgehead atoms. The molecule has 0 aliphatic rings. The van der Waals surface area contributed by atoms with E-state index in [0.29, 0.717) is 0 Å². The molecule has 0 aromatic rings. The zero-order valence-corrected chi connectivity index (χ0v) is 6.14. The van der Waals surface area contributed by atoms with Gasteiger partial charge in [-0.2, -0.15) is 0 Å². The van der Waals surface area contributed by atoms with Gasteiger partial charge >= 0.3 is 0 Å². The van der Waals surface area contributed by atoms with Crippen LogP contribution in [-0.4, -0.2) is 31.6 Å². The Morgan fingerprint density at radius 3 is 2.67 bits per heavy atom. The Labute approximate surface area is 57.3 Å². The minimum atomic E-state index is 0.744. The fourth-order valence-corrected chi connectivity index (χ4v) is 0.644. The largest absolute Gasteiger partial charge is 0.329 e. The third-order valence-corrected chi connectivity index (χ3v) is 1.23. The van der Waals surface area contributed by atoms with E-state index in [0.717, 1.165) is 26.1 Å². The molecule has 2 heteroatoms. The molecule has 9 heavy (non-hydrogen) atoms. The SMILES string of the molecule is C=CCCN(C)CCN. The van der Waals surface area contributed by atoms with Crippen molar-refractivity contribution in [3.63, 3.8) is 0 Å². The molecule has 0 aliphatic carbocycles. The van der Waals surface area contributed by atoms with E-state index in [2.05, 4.69) is 18.5 Å². The lowest BCUT2D eigenvalue weighted by Crippen LogP contribution is -2.26. The highest BCUT2D eigenvalue weighted by Gasteiger charge is 1.91. The van der Waals surface area contributed by atoms with Crippen LogP contribution >= 0.6 is 0 Å². The van der Waals surface area contributed by atoms with E-state index in [9.17, 15) is 0 Å². The lowest BCUT2D eigenvalue weighted by molar-refractivity contribution is 0.350. The Kier molecular flexibility index (Phi) is 5.57. The van der Waals surface area contributed by atoms with Crippen molar-refractivity contribution in [3.05, 3.63) is 12.7 Å². The van der Waals surface area contributed by atoms with Crippen LogP contribution in [0, 0.1) is 0 Å². The monoisotopic (exact) mass is 128 g/mol. The topological polar surface area (TPSA) is 29.3 Å². The molecule has 0 rings (SSSR count). The van der Waals surface area contributed by atoms with Gasteiger partial charge in [0, 0.05) is 19.6 Å². The van der Waals surface area contributed by atoms with E-state index in [1.165, 1.54) is 0 Å². The molecular weight excluding hydrogens is 112 g/mol. The van der Waals surface area contributed by atoms with Gasteiger partial charge in [0.1, 0.15) is 0 Å².